The number of hydrogen-bond donors (Lipinski definition) is 0. The van der Waals surface area contributed by atoms with Crippen LogP contribution in [0.1, 0.15) is 38.8 Å². The molecule has 0 spiro atoms. The molecule has 0 amide bonds. The summed E-state index contributed by atoms with van der Waals surface area (Å²) >= 11 is 1.38. The fraction of sp³-hybridized carbons (Fsp3) is 0.333. The van der Waals surface area contributed by atoms with Gasteiger partial charge in [0.25, 0.3) is 0 Å². The molecular weight excluding hydrogens is 172 g/mol. The summed E-state index contributed by atoms with van der Waals surface area (Å²) in [7, 11) is 0. The van der Waals surface area contributed by atoms with Crippen molar-refractivity contribution >= 4 is 22.9 Å². The highest BCUT2D eigenvalue weighted by Crippen LogP contribution is 2.22. The zero-order valence-corrected chi connectivity index (χ0v) is 8.12. The van der Waals surface area contributed by atoms with Crippen LogP contribution in [0.4, 0.5) is 0 Å². The van der Waals surface area contributed by atoms with Crippen molar-refractivity contribution in [2.75, 3.05) is 0 Å². The highest BCUT2D eigenvalue weighted by molar-refractivity contribution is 7.14. The van der Waals surface area contributed by atoms with Gasteiger partial charge < -0.3 is 0 Å². The van der Waals surface area contributed by atoms with Crippen LogP contribution in [0.5, 0.6) is 0 Å². The van der Waals surface area contributed by atoms with Crippen molar-refractivity contribution in [1.29, 1.82) is 0 Å². The fourth-order valence-corrected chi connectivity index (χ4v) is 1.97. The fourth-order valence-electron chi connectivity index (χ4n) is 1.01. The van der Waals surface area contributed by atoms with E-state index in [1.165, 1.54) is 25.2 Å². The summed E-state index contributed by atoms with van der Waals surface area (Å²) in [5.41, 5.74) is 0.671. The van der Waals surface area contributed by atoms with E-state index in [2.05, 4.69) is 0 Å². The van der Waals surface area contributed by atoms with Gasteiger partial charge in [0.15, 0.2) is 11.6 Å². The van der Waals surface area contributed by atoms with E-state index in [-0.39, 0.29) is 11.6 Å². The van der Waals surface area contributed by atoms with E-state index in [0.29, 0.717) is 10.4 Å². The van der Waals surface area contributed by atoms with Crippen molar-refractivity contribution in [2.45, 2.75) is 20.8 Å². The molecule has 0 fully saturated rings. The molecular formula is C9H10O2S. The summed E-state index contributed by atoms with van der Waals surface area (Å²) in [6.07, 6.45) is 0. The third-order valence-corrected chi connectivity index (χ3v) is 2.80. The summed E-state index contributed by atoms with van der Waals surface area (Å²) in [5.74, 6) is 0.0480. The van der Waals surface area contributed by atoms with Gasteiger partial charge in [-0.05, 0) is 26.8 Å². The molecule has 1 rings (SSSR count). The third-order valence-electron chi connectivity index (χ3n) is 1.64. The molecule has 2 nitrogen and oxygen atoms in total. The Morgan fingerprint density at radius 3 is 2.08 bits per heavy atom. The van der Waals surface area contributed by atoms with Crippen LogP contribution in [0, 0.1) is 6.92 Å². The van der Waals surface area contributed by atoms with E-state index in [9.17, 15) is 9.59 Å². The molecule has 0 aliphatic rings. The van der Waals surface area contributed by atoms with E-state index < -0.39 is 0 Å². The van der Waals surface area contributed by atoms with Gasteiger partial charge in [-0.2, -0.15) is 0 Å². The molecule has 0 aliphatic heterocycles. The average molecular weight is 182 g/mol. The van der Waals surface area contributed by atoms with E-state index in [1.54, 1.807) is 6.07 Å². The zero-order chi connectivity index (χ0) is 9.30. The highest BCUT2D eigenvalue weighted by atomic mass is 32.1. The lowest BCUT2D eigenvalue weighted by Gasteiger charge is -1.87. The molecule has 1 aromatic rings. The van der Waals surface area contributed by atoms with Gasteiger partial charge in [0.2, 0.25) is 0 Å². The molecule has 0 N–H and O–H groups in total. The Labute approximate surface area is 75.2 Å². The zero-order valence-electron chi connectivity index (χ0n) is 7.30. The minimum absolute atomic E-state index is 0.0237. The number of thiophene rings is 1. The Balaban J connectivity index is 3.17. The Morgan fingerprint density at radius 1 is 1.25 bits per heavy atom. The first-order valence-corrected chi connectivity index (χ1v) is 4.46. The van der Waals surface area contributed by atoms with E-state index in [0.717, 1.165) is 4.88 Å². The first kappa shape index (κ1) is 9.13. The number of Topliss-reactive ketones (excluding diaryl/α,β-unsaturated/α-hetero) is 2. The topological polar surface area (TPSA) is 34.1 Å². The van der Waals surface area contributed by atoms with Crippen molar-refractivity contribution in [2.24, 2.45) is 0 Å². The van der Waals surface area contributed by atoms with Crippen LogP contribution in [-0.4, -0.2) is 11.6 Å². The second kappa shape index (κ2) is 3.19. The van der Waals surface area contributed by atoms with E-state index in [4.69, 9.17) is 0 Å². The van der Waals surface area contributed by atoms with Crippen LogP contribution in [0.3, 0.4) is 0 Å². The summed E-state index contributed by atoms with van der Waals surface area (Å²) < 4.78 is 0. The van der Waals surface area contributed by atoms with Gasteiger partial charge in [0.1, 0.15) is 0 Å². The first-order chi connectivity index (χ1) is 5.52. The summed E-state index contributed by atoms with van der Waals surface area (Å²) in [6.45, 7) is 4.88. The summed E-state index contributed by atoms with van der Waals surface area (Å²) in [6, 6.07) is 1.67. The molecule has 3 heteroatoms. The van der Waals surface area contributed by atoms with Crippen LogP contribution in [0.2, 0.25) is 0 Å². The molecule has 0 atom stereocenters. The van der Waals surface area contributed by atoms with Crippen molar-refractivity contribution in [3.8, 4) is 0 Å². The standard InChI is InChI=1S/C9H10O2S/c1-5(10)8-4-9(6(2)11)12-7(8)3/h4H,1-3H3. The molecule has 0 unspecified atom stereocenters. The monoisotopic (exact) mass is 182 g/mol. The van der Waals surface area contributed by atoms with Gasteiger partial charge in [-0.25, -0.2) is 0 Å². The number of carbonyl (C=O) groups is 2. The van der Waals surface area contributed by atoms with Crippen molar-refractivity contribution in [1.82, 2.24) is 0 Å². The molecule has 0 aromatic carbocycles. The summed E-state index contributed by atoms with van der Waals surface area (Å²) in [5, 5.41) is 0. The van der Waals surface area contributed by atoms with Crippen LogP contribution in [-0.2, 0) is 0 Å². The molecule has 0 bridgehead atoms. The second-order valence-electron chi connectivity index (χ2n) is 2.69. The smallest absolute Gasteiger partial charge is 0.169 e. The average Bonchev–Trinajstić information content (AvgIpc) is 2.30. The van der Waals surface area contributed by atoms with Crippen LogP contribution < -0.4 is 0 Å². The molecule has 0 saturated heterocycles. The molecule has 0 saturated carbocycles. The Morgan fingerprint density at radius 2 is 1.83 bits per heavy atom. The van der Waals surface area contributed by atoms with Gasteiger partial charge in [0, 0.05) is 10.4 Å². The minimum Gasteiger partial charge on any atom is -0.294 e. The molecule has 1 heterocycles. The predicted octanol–water partition coefficient (Wildman–Crippen LogP) is 2.46. The largest absolute Gasteiger partial charge is 0.294 e. The van der Waals surface area contributed by atoms with Crippen molar-refractivity contribution in [3.63, 3.8) is 0 Å². The van der Waals surface area contributed by atoms with Crippen molar-refractivity contribution in [3.05, 3.63) is 21.4 Å². The van der Waals surface area contributed by atoms with E-state index in [1.807, 2.05) is 6.92 Å². The molecule has 64 valence electrons. The number of rotatable bonds is 2. The minimum atomic E-state index is 0.0237. The van der Waals surface area contributed by atoms with Gasteiger partial charge in [-0.15, -0.1) is 11.3 Å². The number of aryl methyl sites for hydroxylation is 1. The molecule has 1 aromatic heterocycles. The number of ketones is 2. The predicted molar refractivity (Wildman–Crippen MR) is 49.1 cm³/mol. The van der Waals surface area contributed by atoms with Gasteiger partial charge in [-0.3, -0.25) is 9.59 Å². The second-order valence-corrected chi connectivity index (χ2v) is 3.95. The quantitative estimate of drug-likeness (QED) is 0.658. The highest BCUT2D eigenvalue weighted by Gasteiger charge is 2.11. The van der Waals surface area contributed by atoms with Crippen LogP contribution in [0.15, 0.2) is 6.07 Å². The maximum atomic E-state index is 11.0. The SMILES string of the molecule is CC(=O)c1cc(C(C)=O)c(C)s1. The molecule has 12 heavy (non-hydrogen) atoms. The number of carbonyl (C=O) groups excluding carboxylic acids is 2. The maximum absolute atomic E-state index is 11.0. The van der Waals surface area contributed by atoms with E-state index >= 15 is 0 Å². The molecule has 0 radical (unpaired) electrons. The molecule has 0 aliphatic carbocycles. The normalized spacial score (nSPS) is 9.92. The lowest BCUT2D eigenvalue weighted by atomic mass is 10.2. The van der Waals surface area contributed by atoms with Crippen LogP contribution in [0.25, 0.3) is 0 Å². The van der Waals surface area contributed by atoms with Gasteiger partial charge in [0.05, 0.1) is 4.88 Å². The first-order valence-electron chi connectivity index (χ1n) is 3.64. The third kappa shape index (κ3) is 1.61. The van der Waals surface area contributed by atoms with Gasteiger partial charge >= 0.3 is 0 Å². The maximum Gasteiger partial charge on any atom is 0.169 e. The van der Waals surface area contributed by atoms with Gasteiger partial charge in [-0.1, -0.05) is 0 Å². The lowest BCUT2D eigenvalue weighted by Crippen LogP contribution is -1.91. The van der Waals surface area contributed by atoms with Crippen molar-refractivity contribution < 1.29 is 9.59 Å². The Bertz CT molecular complexity index is 336. The Hall–Kier alpha value is -0.960. The number of hydrogen-bond acceptors (Lipinski definition) is 3. The Kier molecular flexibility index (Phi) is 2.43. The van der Waals surface area contributed by atoms with Crippen LogP contribution >= 0.6 is 11.3 Å². The summed E-state index contributed by atoms with van der Waals surface area (Å²) in [4.78, 5) is 23.5. The lowest BCUT2D eigenvalue weighted by molar-refractivity contribution is 0.101.